The number of rotatable bonds is 6. The Hall–Kier alpha value is -3.25. The van der Waals surface area contributed by atoms with Gasteiger partial charge in [0.05, 0.1) is 18.1 Å². The Morgan fingerprint density at radius 1 is 1.10 bits per heavy atom. The van der Waals surface area contributed by atoms with Crippen molar-refractivity contribution in [1.29, 1.82) is 0 Å². The summed E-state index contributed by atoms with van der Waals surface area (Å²) in [4.78, 5) is 26.5. The number of allylic oxidation sites excluding steroid dienone is 1. The van der Waals surface area contributed by atoms with Crippen molar-refractivity contribution >= 4 is 28.4 Å². The van der Waals surface area contributed by atoms with E-state index >= 15 is 0 Å². The molecule has 0 atom stereocenters. The zero-order valence-corrected chi connectivity index (χ0v) is 17.5. The molecule has 0 aliphatic carbocycles. The summed E-state index contributed by atoms with van der Waals surface area (Å²) < 4.78 is 0. The van der Waals surface area contributed by atoms with Gasteiger partial charge in [-0.15, -0.1) is 0 Å². The van der Waals surface area contributed by atoms with Crippen LogP contribution in [0.1, 0.15) is 34.0 Å². The Morgan fingerprint density at radius 2 is 1.93 bits per heavy atom. The molecule has 6 heteroatoms. The molecule has 1 aromatic carbocycles. The lowest BCUT2D eigenvalue weighted by Crippen LogP contribution is -2.14. The zero-order valence-electron chi connectivity index (χ0n) is 16.6. The topological polar surface area (TPSA) is 67.8 Å². The number of anilines is 1. The maximum atomic E-state index is 12.4. The maximum Gasteiger partial charge on any atom is 0.257 e. The molecule has 2 aromatic heterocycles. The van der Waals surface area contributed by atoms with Gasteiger partial charge in [0.15, 0.2) is 5.82 Å². The molecule has 1 N–H and O–H groups in total. The third-order valence-corrected chi connectivity index (χ3v) is 5.32. The average molecular weight is 403 g/mol. The molecule has 3 rings (SSSR count). The minimum absolute atomic E-state index is 0.232. The minimum Gasteiger partial charge on any atom is -0.305 e. The van der Waals surface area contributed by atoms with Crippen LogP contribution in [0.3, 0.4) is 0 Å². The highest BCUT2D eigenvalue weighted by atomic mass is 32.2. The summed E-state index contributed by atoms with van der Waals surface area (Å²) in [7, 11) is 0. The van der Waals surface area contributed by atoms with Crippen molar-refractivity contribution in [2.75, 3.05) is 5.32 Å². The fourth-order valence-electron chi connectivity index (χ4n) is 2.89. The van der Waals surface area contributed by atoms with Gasteiger partial charge in [-0.3, -0.25) is 14.8 Å². The summed E-state index contributed by atoms with van der Waals surface area (Å²) in [6.07, 6.45) is 8.56. The van der Waals surface area contributed by atoms with Crippen LogP contribution in [0.2, 0.25) is 0 Å². The van der Waals surface area contributed by atoms with E-state index in [1.165, 1.54) is 0 Å². The largest absolute Gasteiger partial charge is 0.305 e. The normalized spacial score (nSPS) is 11.2. The number of carbonyl (C=O) groups is 1. The smallest absolute Gasteiger partial charge is 0.257 e. The van der Waals surface area contributed by atoms with Crippen molar-refractivity contribution in [3.05, 3.63) is 89.4 Å². The fourth-order valence-corrected chi connectivity index (χ4v) is 3.47. The van der Waals surface area contributed by atoms with Crippen molar-refractivity contribution in [2.24, 2.45) is 0 Å². The molecule has 146 valence electrons. The third kappa shape index (κ3) is 4.78. The monoisotopic (exact) mass is 402 g/mol. The number of thioether (sulfide) groups is 1. The number of hydrogen-bond donors (Lipinski definition) is 1. The Kier molecular flexibility index (Phi) is 6.57. The van der Waals surface area contributed by atoms with Gasteiger partial charge in [-0.1, -0.05) is 36.5 Å². The molecule has 0 aliphatic heterocycles. The molecule has 2 heterocycles. The van der Waals surface area contributed by atoms with Gasteiger partial charge in [0, 0.05) is 28.4 Å². The van der Waals surface area contributed by atoms with Crippen LogP contribution in [0.15, 0.2) is 67.1 Å². The Morgan fingerprint density at radius 3 is 2.59 bits per heavy atom. The van der Waals surface area contributed by atoms with E-state index < -0.39 is 0 Å². The summed E-state index contributed by atoms with van der Waals surface area (Å²) in [6, 6.07) is 7.94. The number of nitrogens with one attached hydrogen (secondary N) is 1. The molecule has 0 saturated carbocycles. The maximum absolute atomic E-state index is 12.4. The lowest BCUT2D eigenvalue weighted by Gasteiger charge is -2.11. The number of aromatic nitrogens is 3. The second-order valence-electron chi connectivity index (χ2n) is 6.40. The summed E-state index contributed by atoms with van der Waals surface area (Å²) in [5.74, 6) is 0.171. The van der Waals surface area contributed by atoms with Crippen LogP contribution in [0.4, 0.5) is 5.82 Å². The number of nitrogens with zero attached hydrogens (tertiary/aromatic N) is 3. The fraction of sp³-hybridized carbons (Fsp3) is 0.130. The standard InChI is InChI=1S/C23H22N4OS/c1-5-21(29-6-2)17-8-7-15(3)19(11-17)20-13-26-22(14-25-20)27-23(28)18-9-10-24-12-16(18)4/h5-14H,2H2,1,3-4H3,(H,26,27,28)/b21-5-. The number of benzene rings is 1. The second kappa shape index (κ2) is 9.30. The number of aryl methyl sites for hydroxylation is 2. The number of hydrogen-bond acceptors (Lipinski definition) is 5. The van der Waals surface area contributed by atoms with E-state index in [2.05, 4.69) is 51.1 Å². The first-order valence-corrected chi connectivity index (χ1v) is 10.0. The van der Waals surface area contributed by atoms with Gasteiger partial charge in [-0.25, -0.2) is 4.98 Å². The van der Waals surface area contributed by atoms with Crippen molar-refractivity contribution in [3.8, 4) is 11.3 Å². The van der Waals surface area contributed by atoms with Gasteiger partial charge in [0.2, 0.25) is 0 Å². The molecule has 0 radical (unpaired) electrons. The molecule has 0 fully saturated rings. The molecule has 0 aliphatic rings. The van der Waals surface area contributed by atoms with E-state index in [9.17, 15) is 4.79 Å². The van der Waals surface area contributed by atoms with Gasteiger partial charge >= 0.3 is 0 Å². The Bertz CT molecular complexity index is 1070. The van der Waals surface area contributed by atoms with Gasteiger partial charge in [0.1, 0.15) is 0 Å². The summed E-state index contributed by atoms with van der Waals surface area (Å²) in [6.45, 7) is 9.69. The van der Waals surface area contributed by atoms with Gasteiger partial charge in [0.25, 0.3) is 5.91 Å². The van der Waals surface area contributed by atoms with E-state index in [1.54, 1.807) is 42.6 Å². The van der Waals surface area contributed by atoms with E-state index in [0.717, 1.165) is 32.9 Å². The molecule has 0 saturated heterocycles. The molecular weight excluding hydrogens is 380 g/mol. The van der Waals surface area contributed by atoms with Crippen molar-refractivity contribution in [2.45, 2.75) is 20.8 Å². The van der Waals surface area contributed by atoms with Crippen LogP contribution in [0.5, 0.6) is 0 Å². The first-order chi connectivity index (χ1) is 14.0. The highest BCUT2D eigenvalue weighted by Gasteiger charge is 2.12. The predicted molar refractivity (Wildman–Crippen MR) is 121 cm³/mol. The molecule has 1 amide bonds. The molecule has 0 bridgehead atoms. The molecule has 5 nitrogen and oxygen atoms in total. The first-order valence-electron chi connectivity index (χ1n) is 9.12. The predicted octanol–water partition coefficient (Wildman–Crippen LogP) is 5.65. The van der Waals surface area contributed by atoms with Gasteiger partial charge in [-0.2, -0.15) is 0 Å². The van der Waals surface area contributed by atoms with E-state index in [0.29, 0.717) is 11.4 Å². The zero-order chi connectivity index (χ0) is 20.8. The van der Waals surface area contributed by atoms with Crippen molar-refractivity contribution in [1.82, 2.24) is 15.0 Å². The molecule has 3 aromatic rings. The molecular formula is C23H22N4OS. The number of amides is 1. The van der Waals surface area contributed by atoms with Crippen LogP contribution in [0.25, 0.3) is 16.2 Å². The molecule has 0 unspecified atom stereocenters. The van der Waals surface area contributed by atoms with Crippen LogP contribution in [-0.2, 0) is 0 Å². The summed E-state index contributed by atoms with van der Waals surface area (Å²) in [5.41, 5.74) is 5.33. The highest BCUT2D eigenvalue weighted by molar-refractivity contribution is 8.10. The Labute approximate surface area is 175 Å². The highest BCUT2D eigenvalue weighted by Crippen LogP contribution is 2.32. The first kappa shape index (κ1) is 20.5. The van der Waals surface area contributed by atoms with Crippen LogP contribution >= 0.6 is 11.8 Å². The summed E-state index contributed by atoms with van der Waals surface area (Å²) >= 11 is 1.58. The van der Waals surface area contributed by atoms with Crippen molar-refractivity contribution < 1.29 is 4.79 Å². The lowest BCUT2D eigenvalue weighted by atomic mass is 10.0. The van der Waals surface area contributed by atoms with E-state index in [1.807, 2.05) is 26.2 Å². The van der Waals surface area contributed by atoms with E-state index in [4.69, 9.17) is 0 Å². The average Bonchev–Trinajstić information content (AvgIpc) is 2.73. The number of pyridine rings is 1. The molecule has 29 heavy (non-hydrogen) atoms. The van der Waals surface area contributed by atoms with Crippen LogP contribution < -0.4 is 5.32 Å². The van der Waals surface area contributed by atoms with Gasteiger partial charge in [-0.05, 0) is 55.0 Å². The van der Waals surface area contributed by atoms with E-state index in [-0.39, 0.29) is 5.91 Å². The minimum atomic E-state index is -0.232. The number of carbonyl (C=O) groups excluding carboxylic acids is 1. The Balaban J connectivity index is 1.84. The van der Waals surface area contributed by atoms with Crippen LogP contribution in [0, 0.1) is 13.8 Å². The summed E-state index contributed by atoms with van der Waals surface area (Å²) in [5, 5.41) is 4.60. The quantitative estimate of drug-likeness (QED) is 0.577. The van der Waals surface area contributed by atoms with Crippen LogP contribution in [-0.4, -0.2) is 20.9 Å². The van der Waals surface area contributed by atoms with Crippen molar-refractivity contribution in [3.63, 3.8) is 0 Å². The SMILES string of the molecule is C=CS/C(=C\C)c1ccc(C)c(-c2cnc(NC(=O)c3ccncc3C)cn2)c1. The molecule has 0 spiro atoms. The third-order valence-electron chi connectivity index (χ3n) is 4.43. The second-order valence-corrected chi connectivity index (χ2v) is 7.41. The van der Waals surface area contributed by atoms with Gasteiger partial charge < -0.3 is 5.32 Å². The lowest BCUT2D eigenvalue weighted by molar-refractivity contribution is 0.102.